The third-order valence-corrected chi connectivity index (χ3v) is 2.40. The molecule has 0 heterocycles. The number of alkyl halides is 3. The molecule has 20 heavy (non-hydrogen) atoms. The standard InChI is InChI=1S/C13H18F3NO3/c1-8(2)20-12-4-3-9(17-6-10(19)7-18)5-11(12)13(14,15)16/h3-5,8,10,17-19H,6-7H2,1-2H3. The monoisotopic (exact) mass is 293 g/mol. The molecule has 1 aromatic carbocycles. The van der Waals surface area contributed by atoms with Gasteiger partial charge in [-0.05, 0) is 32.0 Å². The molecule has 0 bridgehead atoms. The van der Waals surface area contributed by atoms with Crippen molar-refractivity contribution in [2.75, 3.05) is 18.5 Å². The molecule has 1 rings (SSSR count). The van der Waals surface area contributed by atoms with Crippen LogP contribution in [0.4, 0.5) is 18.9 Å². The molecule has 3 N–H and O–H groups in total. The van der Waals surface area contributed by atoms with Crippen LogP contribution >= 0.6 is 0 Å². The number of aliphatic hydroxyl groups excluding tert-OH is 2. The Bertz CT molecular complexity index is 435. The van der Waals surface area contributed by atoms with Gasteiger partial charge in [-0.1, -0.05) is 0 Å². The third-order valence-electron chi connectivity index (χ3n) is 2.40. The summed E-state index contributed by atoms with van der Waals surface area (Å²) in [5.74, 6) is -0.235. The molecular weight excluding hydrogens is 275 g/mol. The highest BCUT2D eigenvalue weighted by molar-refractivity contribution is 5.52. The first-order valence-electron chi connectivity index (χ1n) is 6.14. The molecule has 1 atom stereocenters. The lowest BCUT2D eigenvalue weighted by Crippen LogP contribution is -2.23. The van der Waals surface area contributed by atoms with Crippen molar-refractivity contribution in [3.63, 3.8) is 0 Å². The number of nitrogens with one attached hydrogen (secondary N) is 1. The second kappa shape index (κ2) is 6.81. The van der Waals surface area contributed by atoms with Crippen LogP contribution in [0.1, 0.15) is 19.4 Å². The summed E-state index contributed by atoms with van der Waals surface area (Å²) in [7, 11) is 0. The van der Waals surface area contributed by atoms with Crippen molar-refractivity contribution >= 4 is 5.69 Å². The average Bonchev–Trinajstić information content (AvgIpc) is 2.35. The first-order chi connectivity index (χ1) is 9.24. The van der Waals surface area contributed by atoms with Gasteiger partial charge in [0.1, 0.15) is 5.75 Å². The van der Waals surface area contributed by atoms with Crippen LogP contribution in [0.15, 0.2) is 18.2 Å². The molecule has 0 amide bonds. The average molecular weight is 293 g/mol. The number of aliphatic hydroxyl groups is 2. The summed E-state index contributed by atoms with van der Waals surface area (Å²) in [6.07, 6.45) is -5.93. The summed E-state index contributed by atoms with van der Waals surface area (Å²) in [4.78, 5) is 0. The smallest absolute Gasteiger partial charge is 0.420 e. The maximum Gasteiger partial charge on any atom is 0.420 e. The van der Waals surface area contributed by atoms with Gasteiger partial charge in [0.05, 0.1) is 24.4 Å². The minimum absolute atomic E-state index is 0.0435. The summed E-state index contributed by atoms with van der Waals surface area (Å²) in [6.45, 7) is 2.78. The van der Waals surface area contributed by atoms with E-state index in [1.54, 1.807) is 13.8 Å². The molecule has 0 fully saturated rings. The van der Waals surface area contributed by atoms with Gasteiger partial charge in [0.2, 0.25) is 0 Å². The molecule has 0 saturated heterocycles. The Morgan fingerprint density at radius 3 is 2.45 bits per heavy atom. The second-order valence-electron chi connectivity index (χ2n) is 4.59. The van der Waals surface area contributed by atoms with Crippen molar-refractivity contribution < 1.29 is 28.1 Å². The zero-order valence-corrected chi connectivity index (χ0v) is 11.2. The van der Waals surface area contributed by atoms with E-state index in [0.717, 1.165) is 6.07 Å². The van der Waals surface area contributed by atoms with Crippen LogP contribution < -0.4 is 10.1 Å². The highest BCUT2D eigenvalue weighted by atomic mass is 19.4. The third kappa shape index (κ3) is 4.90. The van der Waals surface area contributed by atoms with Gasteiger partial charge in [-0.3, -0.25) is 0 Å². The van der Waals surface area contributed by atoms with E-state index >= 15 is 0 Å². The van der Waals surface area contributed by atoms with Gasteiger partial charge in [-0.2, -0.15) is 13.2 Å². The molecule has 0 aromatic heterocycles. The van der Waals surface area contributed by atoms with Crippen LogP contribution in [0.5, 0.6) is 5.75 Å². The number of benzene rings is 1. The number of rotatable bonds is 6. The molecule has 1 unspecified atom stereocenters. The van der Waals surface area contributed by atoms with E-state index in [2.05, 4.69) is 5.32 Å². The molecule has 0 aliphatic rings. The van der Waals surface area contributed by atoms with E-state index in [1.165, 1.54) is 12.1 Å². The summed E-state index contributed by atoms with van der Waals surface area (Å²) < 4.78 is 44.0. The van der Waals surface area contributed by atoms with E-state index in [9.17, 15) is 13.2 Å². The Balaban J connectivity index is 2.96. The van der Waals surface area contributed by atoms with E-state index in [0.29, 0.717) is 0 Å². The van der Waals surface area contributed by atoms with Gasteiger partial charge in [-0.15, -0.1) is 0 Å². The molecule has 0 spiro atoms. The number of hydrogen-bond donors (Lipinski definition) is 3. The number of anilines is 1. The van der Waals surface area contributed by atoms with Gasteiger partial charge in [-0.25, -0.2) is 0 Å². The van der Waals surface area contributed by atoms with Crippen molar-refractivity contribution in [3.8, 4) is 5.75 Å². The topological polar surface area (TPSA) is 61.7 Å². The fourth-order valence-corrected chi connectivity index (χ4v) is 1.52. The lowest BCUT2D eigenvalue weighted by Gasteiger charge is -2.18. The van der Waals surface area contributed by atoms with E-state index in [1.807, 2.05) is 0 Å². The maximum atomic E-state index is 12.9. The predicted molar refractivity (Wildman–Crippen MR) is 68.8 cm³/mol. The molecule has 7 heteroatoms. The van der Waals surface area contributed by atoms with Crippen molar-refractivity contribution in [2.24, 2.45) is 0 Å². The Labute approximate surface area is 115 Å². The van der Waals surface area contributed by atoms with Crippen molar-refractivity contribution in [3.05, 3.63) is 23.8 Å². The van der Waals surface area contributed by atoms with Crippen molar-refractivity contribution in [1.82, 2.24) is 0 Å². The zero-order valence-electron chi connectivity index (χ0n) is 11.2. The van der Waals surface area contributed by atoms with Crippen molar-refractivity contribution in [2.45, 2.75) is 32.2 Å². The lowest BCUT2D eigenvalue weighted by atomic mass is 10.1. The minimum Gasteiger partial charge on any atom is -0.490 e. The molecule has 4 nitrogen and oxygen atoms in total. The van der Waals surface area contributed by atoms with Crippen LogP contribution in [0, 0.1) is 0 Å². The van der Waals surface area contributed by atoms with Crippen molar-refractivity contribution in [1.29, 1.82) is 0 Å². The van der Waals surface area contributed by atoms with Gasteiger partial charge < -0.3 is 20.3 Å². The van der Waals surface area contributed by atoms with E-state index < -0.39 is 24.5 Å². The van der Waals surface area contributed by atoms with E-state index in [-0.39, 0.29) is 24.1 Å². The van der Waals surface area contributed by atoms with Gasteiger partial charge >= 0.3 is 6.18 Å². The fourth-order valence-electron chi connectivity index (χ4n) is 1.52. The molecule has 0 aliphatic heterocycles. The van der Waals surface area contributed by atoms with Crippen LogP contribution in [-0.4, -0.2) is 35.6 Å². The normalized spacial score (nSPS) is 13.4. The summed E-state index contributed by atoms with van der Waals surface area (Å²) >= 11 is 0. The molecule has 0 radical (unpaired) electrons. The summed E-state index contributed by atoms with van der Waals surface area (Å²) in [5, 5.41) is 20.4. The van der Waals surface area contributed by atoms with Crippen LogP contribution in [0.25, 0.3) is 0 Å². The first-order valence-corrected chi connectivity index (χ1v) is 6.14. The highest BCUT2D eigenvalue weighted by Crippen LogP contribution is 2.38. The quantitative estimate of drug-likeness (QED) is 0.753. The SMILES string of the molecule is CC(C)Oc1ccc(NCC(O)CO)cc1C(F)(F)F. The molecular formula is C13H18F3NO3. The lowest BCUT2D eigenvalue weighted by molar-refractivity contribution is -0.139. The maximum absolute atomic E-state index is 12.9. The Kier molecular flexibility index (Phi) is 5.64. The highest BCUT2D eigenvalue weighted by Gasteiger charge is 2.35. The van der Waals surface area contributed by atoms with Gasteiger partial charge in [0.25, 0.3) is 0 Å². The predicted octanol–water partition coefficient (Wildman–Crippen LogP) is 2.26. The molecule has 1 aromatic rings. The summed E-state index contributed by atoms with van der Waals surface area (Å²) in [5.41, 5.74) is -0.685. The second-order valence-corrected chi connectivity index (χ2v) is 4.59. The minimum atomic E-state index is -4.53. The number of halogens is 3. The van der Waals surface area contributed by atoms with Crippen LogP contribution in [-0.2, 0) is 6.18 Å². The fraction of sp³-hybridized carbons (Fsp3) is 0.538. The Morgan fingerprint density at radius 2 is 1.95 bits per heavy atom. The molecule has 114 valence electrons. The Morgan fingerprint density at radius 1 is 1.30 bits per heavy atom. The van der Waals surface area contributed by atoms with Gasteiger partial charge in [0.15, 0.2) is 0 Å². The number of ether oxygens (including phenoxy) is 1. The Hall–Kier alpha value is -1.47. The van der Waals surface area contributed by atoms with Gasteiger partial charge in [0, 0.05) is 12.2 Å². The largest absolute Gasteiger partial charge is 0.490 e. The summed E-state index contributed by atoms with van der Waals surface area (Å²) in [6, 6.07) is 3.58. The van der Waals surface area contributed by atoms with E-state index in [4.69, 9.17) is 14.9 Å². The van der Waals surface area contributed by atoms with Crippen LogP contribution in [0.3, 0.4) is 0 Å². The molecule has 0 aliphatic carbocycles. The molecule has 0 saturated carbocycles. The number of hydrogen-bond acceptors (Lipinski definition) is 4. The van der Waals surface area contributed by atoms with Crippen LogP contribution in [0.2, 0.25) is 0 Å². The first kappa shape index (κ1) is 16.6. The zero-order chi connectivity index (χ0) is 15.3.